The van der Waals surface area contributed by atoms with E-state index in [1.54, 1.807) is 24.3 Å². The largest absolute Gasteiger partial charge is 0.435 e. The lowest BCUT2D eigenvalue weighted by Crippen LogP contribution is -2.21. The highest BCUT2D eigenvalue weighted by Crippen LogP contribution is 2.20. The minimum Gasteiger partial charge on any atom is -0.435 e. The van der Waals surface area contributed by atoms with Gasteiger partial charge in [0.05, 0.1) is 10.6 Å². The Bertz CT molecular complexity index is 1280. The highest BCUT2D eigenvalue weighted by molar-refractivity contribution is 7.92. The van der Waals surface area contributed by atoms with Gasteiger partial charge < -0.3 is 4.74 Å². The summed E-state index contributed by atoms with van der Waals surface area (Å²) in [7, 11) is -3.95. The third kappa shape index (κ3) is 6.75. The molecule has 0 unspecified atom stereocenters. The van der Waals surface area contributed by atoms with Gasteiger partial charge in [-0.05, 0) is 78.7 Å². The van der Waals surface area contributed by atoms with Gasteiger partial charge >= 0.3 is 6.61 Å². The first-order valence-electron chi connectivity index (χ1n) is 9.98. The van der Waals surface area contributed by atoms with E-state index in [9.17, 15) is 22.0 Å². The average molecular weight is 508 g/mol. The molecule has 1 amide bonds. The minimum atomic E-state index is -3.95. The van der Waals surface area contributed by atoms with E-state index in [2.05, 4.69) is 20.0 Å². The molecule has 0 bridgehead atoms. The van der Waals surface area contributed by atoms with E-state index in [1.165, 1.54) is 48.5 Å². The molecule has 11 heteroatoms. The molecule has 3 aromatic carbocycles. The van der Waals surface area contributed by atoms with Crippen LogP contribution in [0.25, 0.3) is 0 Å². The van der Waals surface area contributed by atoms with E-state index in [-0.39, 0.29) is 16.2 Å². The Hall–Kier alpha value is -3.50. The van der Waals surface area contributed by atoms with E-state index in [0.717, 1.165) is 0 Å². The molecule has 0 spiro atoms. The molecular formula is C23H20ClF2N3O4S. The molecule has 2 N–H and O–H groups in total. The van der Waals surface area contributed by atoms with Crippen LogP contribution >= 0.6 is 11.6 Å². The Kier molecular flexibility index (Phi) is 8.19. The third-order valence-electron chi connectivity index (χ3n) is 4.54. The maximum Gasteiger partial charge on any atom is 0.387 e. The van der Waals surface area contributed by atoms with E-state index >= 15 is 0 Å². The molecule has 178 valence electrons. The molecule has 0 atom stereocenters. The van der Waals surface area contributed by atoms with Crippen LogP contribution in [0.5, 0.6) is 5.75 Å². The van der Waals surface area contributed by atoms with Gasteiger partial charge in [-0.1, -0.05) is 24.6 Å². The fourth-order valence-corrected chi connectivity index (χ4v) is 4.13. The average Bonchev–Trinajstić information content (AvgIpc) is 2.81. The molecule has 7 nitrogen and oxygen atoms in total. The molecule has 0 radical (unpaired) electrons. The molecule has 0 fully saturated rings. The Labute approximate surface area is 200 Å². The second kappa shape index (κ2) is 11.1. The maximum absolute atomic E-state index is 12.7. The fraction of sp³-hybridized carbons (Fsp3) is 0.130. The van der Waals surface area contributed by atoms with Crippen molar-refractivity contribution >= 4 is 38.9 Å². The van der Waals surface area contributed by atoms with Crippen LogP contribution in [0.15, 0.2) is 82.8 Å². The van der Waals surface area contributed by atoms with Gasteiger partial charge in [-0.15, -0.1) is 0 Å². The molecule has 0 aliphatic carbocycles. The topological polar surface area (TPSA) is 96.9 Å². The molecule has 0 aromatic heterocycles. The Morgan fingerprint density at radius 1 is 1.03 bits per heavy atom. The van der Waals surface area contributed by atoms with Crippen molar-refractivity contribution in [2.45, 2.75) is 24.9 Å². The number of alkyl halides is 2. The monoisotopic (exact) mass is 507 g/mol. The molecule has 0 saturated carbocycles. The van der Waals surface area contributed by atoms with Crippen LogP contribution in [0.3, 0.4) is 0 Å². The molecular weight excluding hydrogens is 488 g/mol. The summed E-state index contributed by atoms with van der Waals surface area (Å²) in [6.07, 6.45) is 0.439. The zero-order valence-corrected chi connectivity index (χ0v) is 19.4. The lowest BCUT2D eigenvalue weighted by molar-refractivity contribution is -0.0498. The van der Waals surface area contributed by atoms with Crippen molar-refractivity contribution in [3.05, 3.63) is 88.9 Å². The van der Waals surface area contributed by atoms with E-state index < -0.39 is 22.5 Å². The number of anilines is 1. The number of nitrogens with one attached hydrogen (secondary N) is 2. The summed E-state index contributed by atoms with van der Waals surface area (Å²) in [6, 6.07) is 17.4. The van der Waals surface area contributed by atoms with E-state index in [1.807, 2.05) is 6.92 Å². The number of rotatable bonds is 9. The fourth-order valence-electron chi connectivity index (χ4n) is 2.90. The lowest BCUT2D eigenvalue weighted by atomic mass is 10.1. The number of nitrogens with zero attached hydrogens (tertiary/aromatic N) is 1. The SMILES string of the molecule is CC/C(=N\NC(=O)c1cccc(S(=O)(=O)Nc2ccc(Cl)cc2)c1)c1ccc(OC(F)F)cc1. The Balaban J connectivity index is 1.73. The van der Waals surface area contributed by atoms with Gasteiger partial charge in [0.15, 0.2) is 0 Å². The standard InChI is InChI=1S/C23H20ClF2N3O4S/c1-2-21(15-6-12-19(13-7-15)33-23(25)26)27-28-22(30)16-4-3-5-20(14-16)34(31,32)29-18-10-8-17(24)9-11-18/h3-14,23,29H,2H2,1H3,(H,28,30)/b27-21+. The summed E-state index contributed by atoms with van der Waals surface area (Å²) >= 11 is 5.82. The highest BCUT2D eigenvalue weighted by Gasteiger charge is 2.17. The summed E-state index contributed by atoms with van der Waals surface area (Å²) < 4.78 is 56.7. The molecule has 0 saturated heterocycles. The number of ether oxygens (including phenoxy) is 1. The Morgan fingerprint density at radius 2 is 1.71 bits per heavy atom. The smallest absolute Gasteiger partial charge is 0.387 e. The van der Waals surface area contributed by atoms with E-state index in [0.29, 0.717) is 28.4 Å². The van der Waals surface area contributed by atoms with Gasteiger partial charge in [-0.2, -0.15) is 13.9 Å². The van der Waals surface area contributed by atoms with Gasteiger partial charge in [0.25, 0.3) is 15.9 Å². The van der Waals surface area contributed by atoms with Gasteiger partial charge in [0.1, 0.15) is 5.75 Å². The first-order valence-corrected chi connectivity index (χ1v) is 11.8. The molecule has 3 aromatic rings. The van der Waals surface area contributed by atoms with Crippen molar-refractivity contribution in [2.75, 3.05) is 4.72 Å². The number of carbonyl (C=O) groups excluding carboxylic acids is 1. The van der Waals surface area contributed by atoms with Crippen LogP contribution in [-0.4, -0.2) is 26.6 Å². The van der Waals surface area contributed by atoms with Crippen LogP contribution < -0.4 is 14.9 Å². The van der Waals surface area contributed by atoms with Gasteiger partial charge in [0, 0.05) is 16.3 Å². The second-order valence-electron chi connectivity index (χ2n) is 6.90. The number of carbonyl (C=O) groups is 1. The van der Waals surface area contributed by atoms with Crippen LogP contribution in [0.4, 0.5) is 14.5 Å². The predicted octanol–water partition coefficient (Wildman–Crippen LogP) is 5.29. The van der Waals surface area contributed by atoms with Crippen molar-refractivity contribution in [1.29, 1.82) is 0 Å². The zero-order chi connectivity index (χ0) is 24.7. The van der Waals surface area contributed by atoms with Crippen molar-refractivity contribution < 1.29 is 26.7 Å². The van der Waals surface area contributed by atoms with Gasteiger partial charge in [-0.3, -0.25) is 9.52 Å². The summed E-state index contributed by atoms with van der Waals surface area (Å²) in [4.78, 5) is 12.5. The van der Waals surface area contributed by atoms with Crippen LogP contribution in [0.2, 0.25) is 5.02 Å². The normalized spacial score (nSPS) is 11.9. The van der Waals surface area contributed by atoms with Crippen molar-refractivity contribution in [1.82, 2.24) is 5.43 Å². The summed E-state index contributed by atoms with van der Waals surface area (Å²) in [6.45, 7) is -1.12. The van der Waals surface area contributed by atoms with Crippen LogP contribution in [0.1, 0.15) is 29.3 Å². The zero-order valence-electron chi connectivity index (χ0n) is 17.8. The number of amides is 1. The summed E-state index contributed by atoms with van der Waals surface area (Å²) in [5.41, 5.74) is 3.90. The minimum absolute atomic E-state index is 0.00322. The number of halogens is 3. The molecule has 0 aliphatic heterocycles. The molecule has 0 aliphatic rings. The van der Waals surface area contributed by atoms with Crippen LogP contribution in [-0.2, 0) is 10.0 Å². The number of sulfonamides is 1. The molecule has 34 heavy (non-hydrogen) atoms. The first-order chi connectivity index (χ1) is 16.2. The number of hydrogen-bond donors (Lipinski definition) is 2. The van der Waals surface area contributed by atoms with Crippen molar-refractivity contribution in [2.24, 2.45) is 5.10 Å². The molecule has 0 heterocycles. The molecule has 3 rings (SSSR count). The van der Waals surface area contributed by atoms with Gasteiger partial charge in [-0.25, -0.2) is 13.8 Å². The van der Waals surface area contributed by atoms with Gasteiger partial charge in [0.2, 0.25) is 0 Å². The van der Waals surface area contributed by atoms with Crippen molar-refractivity contribution in [3.63, 3.8) is 0 Å². The maximum atomic E-state index is 12.7. The lowest BCUT2D eigenvalue weighted by Gasteiger charge is -2.10. The number of benzene rings is 3. The summed E-state index contributed by atoms with van der Waals surface area (Å²) in [5.74, 6) is -0.615. The predicted molar refractivity (Wildman–Crippen MR) is 126 cm³/mol. The third-order valence-corrected chi connectivity index (χ3v) is 6.17. The quantitative estimate of drug-likeness (QED) is 0.304. The highest BCUT2D eigenvalue weighted by atomic mass is 35.5. The number of hydrogen-bond acceptors (Lipinski definition) is 5. The second-order valence-corrected chi connectivity index (χ2v) is 9.01. The summed E-state index contributed by atoms with van der Waals surface area (Å²) in [5, 5.41) is 4.56. The van der Waals surface area contributed by atoms with Crippen molar-refractivity contribution in [3.8, 4) is 5.75 Å². The van der Waals surface area contributed by atoms with E-state index in [4.69, 9.17) is 11.6 Å². The first kappa shape index (κ1) is 25.1. The van der Waals surface area contributed by atoms with Crippen LogP contribution in [0, 0.1) is 0 Å². The Morgan fingerprint density at radius 3 is 2.32 bits per heavy atom. The number of hydrazone groups is 1.